The van der Waals surface area contributed by atoms with E-state index in [1.165, 1.54) is 6.92 Å². The molecule has 0 rings (SSSR count). The van der Waals surface area contributed by atoms with Crippen LogP contribution >= 0.6 is 7.26 Å². The molecule has 0 bridgehead atoms. The molecule has 4 unspecified atom stereocenters. The Bertz CT molecular complexity index is 250. The summed E-state index contributed by atoms with van der Waals surface area (Å²) in [6.07, 6.45) is 0.999. The summed E-state index contributed by atoms with van der Waals surface area (Å²) in [6, 6.07) is 0. The highest BCUT2D eigenvalue weighted by Gasteiger charge is 2.61. The van der Waals surface area contributed by atoms with Crippen LogP contribution in [0.15, 0.2) is 0 Å². The van der Waals surface area contributed by atoms with Crippen molar-refractivity contribution in [2.45, 2.75) is 70.2 Å². The van der Waals surface area contributed by atoms with Crippen LogP contribution in [0.3, 0.4) is 0 Å². The minimum absolute atomic E-state index is 0. The lowest BCUT2D eigenvalue weighted by molar-refractivity contribution is -0.136. The molecule has 4 N–H and O–H groups in total. The molecule has 0 aliphatic carbocycles. The Morgan fingerprint density at radius 3 is 1.37 bits per heavy atom. The quantitative estimate of drug-likeness (QED) is 0.402. The lowest BCUT2D eigenvalue weighted by Gasteiger charge is -2.40. The molecule has 0 heterocycles. The summed E-state index contributed by atoms with van der Waals surface area (Å²) in [5.41, 5.74) is -0.919. The topological polar surface area (TPSA) is 98.0 Å². The molecule has 0 aliphatic heterocycles. The van der Waals surface area contributed by atoms with E-state index in [1.807, 2.05) is 0 Å². The fourth-order valence-corrected chi connectivity index (χ4v) is 7.53. The van der Waals surface area contributed by atoms with Gasteiger partial charge in [0.25, 0.3) is 0 Å². The summed E-state index contributed by atoms with van der Waals surface area (Å²) in [4.78, 5) is 11.3. The van der Waals surface area contributed by atoms with Crippen molar-refractivity contribution >= 4 is 13.2 Å². The van der Waals surface area contributed by atoms with Gasteiger partial charge >= 0.3 is 5.97 Å². The van der Waals surface area contributed by atoms with Crippen LogP contribution in [0.4, 0.5) is 0 Å². The zero-order valence-corrected chi connectivity index (χ0v) is 14.4. The Balaban J connectivity index is 0. The monoisotopic (exact) mass is 360 g/mol. The maximum atomic E-state index is 11.3. The Morgan fingerprint density at radius 2 is 1.21 bits per heavy atom. The first-order valence-corrected chi connectivity index (χ1v) is 8.51. The number of hydrogen-bond acceptors (Lipinski definition) is 4. The van der Waals surface area contributed by atoms with Gasteiger partial charge in [-0.05, 0) is 6.92 Å². The van der Waals surface area contributed by atoms with Crippen molar-refractivity contribution < 1.29 is 42.2 Å². The van der Waals surface area contributed by atoms with Crippen LogP contribution in [-0.4, -0.2) is 49.6 Å². The number of aliphatic hydroxyl groups is 3. The number of aliphatic carboxylic acids is 1. The van der Waals surface area contributed by atoms with Crippen molar-refractivity contribution in [1.82, 2.24) is 0 Å². The van der Waals surface area contributed by atoms with Crippen molar-refractivity contribution in [2.24, 2.45) is 0 Å². The summed E-state index contributed by atoms with van der Waals surface area (Å²) in [5, 5.41) is 40.0. The number of aliphatic hydroxyl groups excluding tert-OH is 3. The van der Waals surface area contributed by atoms with Crippen LogP contribution < -0.4 is 17.0 Å². The minimum atomic E-state index is -2.85. The molecule has 0 aromatic heterocycles. The molecule has 7 heteroatoms. The van der Waals surface area contributed by atoms with Crippen molar-refractivity contribution in [3.8, 4) is 0 Å². The molecular formula is C12H26BrO5P. The molecule has 0 aromatic rings. The third-order valence-electron chi connectivity index (χ3n) is 3.67. The van der Waals surface area contributed by atoms with E-state index in [0.717, 1.165) is 0 Å². The average molecular weight is 361 g/mol. The summed E-state index contributed by atoms with van der Waals surface area (Å²) >= 11 is 0. The highest BCUT2D eigenvalue weighted by Crippen LogP contribution is 2.73. The van der Waals surface area contributed by atoms with Gasteiger partial charge in [0.05, 0.1) is 0 Å². The smallest absolute Gasteiger partial charge is 0.344 e. The van der Waals surface area contributed by atoms with Gasteiger partial charge in [0.1, 0.15) is 7.26 Å². The fraction of sp³-hybridized carbons (Fsp3) is 0.917. The lowest BCUT2D eigenvalue weighted by Crippen LogP contribution is -3.00. The first-order valence-electron chi connectivity index (χ1n) is 6.45. The normalized spacial score (nSPS) is 20.6. The maximum Gasteiger partial charge on any atom is 0.344 e. The number of halogens is 1. The van der Waals surface area contributed by atoms with E-state index in [9.17, 15) is 25.2 Å². The maximum absolute atomic E-state index is 11.3. The van der Waals surface area contributed by atoms with E-state index in [4.69, 9.17) is 0 Å². The Morgan fingerprint density at radius 1 is 0.947 bits per heavy atom. The van der Waals surface area contributed by atoms with E-state index in [-0.39, 0.29) is 17.0 Å². The number of hydrogen-bond donors (Lipinski definition) is 4. The highest BCUT2D eigenvalue weighted by molar-refractivity contribution is 7.78. The molecule has 0 saturated heterocycles. The Kier molecular flexibility index (Phi) is 10.5. The predicted octanol–water partition coefficient (Wildman–Crippen LogP) is -1.33. The molecule has 0 fully saturated rings. The van der Waals surface area contributed by atoms with Crippen LogP contribution in [0.5, 0.6) is 0 Å². The van der Waals surface area contributed by atoms with E-state index < -0.39 is 36.4 Å². The van der Waals surface area contributed by atoms with Gasteiger partial charge in [-0.15, -0.1) is 0 Å². The van der Waals surface area contributed by atoms with Gasteiger partial charge < -0.3 is 37.4 Å². The van der Waals surface area contributed by atoms with Crippen molar-refractivity contribution in [2.75, 3.05) is 0 Å². The first-order chi connectivity index (χ1) is 8.30. The van der Waals surface area contributed by atoms with Gasteiger partial charge in [0, 0.05) is 19.3 Å². The molecule has 0 radical (unpaired) electrons. The van der Waals surface area contributed by atoms with Crippen molar-refractivity contribution in [3.63, 3.8) is 0 Å². The van der Waals surface area contributed by atoms with Crippen molar-refractivity contribution in [1.29, 1.82) is 0 Å². The van der Waals surface area contributed by atoms with Crippen LogP contribution in [0.25, 0.3) is 0 Å². The van der Waals surface area contributed by atoms with Crippen LogP contribution in [0, 0.1) is 0 Å². The summed E-state index contributed by atoms with van der Waals surface area (Å²) in [5.74, 6) is -3.92. The molecule has 0 aliphatic rings. The highest BCUT2D eigenvalue weighted by atomic mass is 79.9. The first kappa shape index (κ1) is 21.6. The SMILES string of the molecule is CCC(O)[P+](C(O)CC)(C(O)CC)C(C)C(=O)O.[Br-]. The van der Waals surface area contributed by atoms with E-state index >= 15 is 0 Å². The fourth-order valence-electron chi connectivity index (χ4n) is 2.51. The third kappa shape index (κ3) is 4.11. The Labute approximate surface area is 126 Å². The third-order valence-corrected chi connectivity index (χ3v) is 9.43. The number of carboxylic acid groups (broad SMARTS) is 1. The van der Waals surface area contributed by atoms with Gasteiger partial charge in [-0.1, -0.05) is 20.8 Å². The lowest BCUT2D eigenvalue weighted by atomic mass is 10.5. The number of carbonyl (C=O) groups is 1. The zero-order valence-electron chi connectivity index (χ0n) is 12.0. The molecule has 0 aromatic carbocycles. The second kappa shape index (κ2) is 9.24. The molecule has 0 spiro atoms. The predicted molar refractivity (Wildman–Crippen MR) is 72.9 cm³/mol. The molecule has 0 amide bonds. The second-order valence-electron chi connectivity index (χ2n) is 4.58. The molecule has 0 saturated carbocycles. The molecular weight excluding hydrogens is 335 g/mol. The second-order valence-corrected chi connectivity index (χ2v) is 8.93. The van der Waals surface area contributed by atoms with Gasteiger partial charge in [0.15, 0.2) is 23.2 Å². The molecule has 5 nitrogen and oxygen atoms in total. The van der Waals surface area contributed by atoms with E-state index in [0.29, 0.717) is 19.3 Å². The standard InChI is InChI=1S/C12H25O5P.BrH/c1-5-9(13)18(10(14)6-2,11(15)7-3)8(4)12(16)17;/h8-11,13-15H,5-7H2,1-4H3;1H. The number of rotatable bonds is 8. The van der Waals surface area contributed by atoms with Gasteiger partial charge in [-0.3, -0.25) is 0 Å². The molecule has 4 atom stereocenters. The molecule has 116 valence electrons. The Hall–Kier alpha value is 0.260. The van der Waals surface area contributed by atoms with Crippen molar-refractivity contribution in [3.05, 3.63) is 0 Å². The average Bonchev–Trinajstić information content (AvgIpc) is 2.37. The molecule has 19 heavy (non-hydrogen) atoms. The van der Waals surface area contributed by atoms with Gasteiger partial charge in [0.2, 0.25) is 0 Å². The van der Waals surface area contributed by atoms with Gasteiger partial charge in [-0.2, -0.15) is 0 Å². The summed E-state index contributed by atoms with van der Waals surface area (Å²) in [7, 11) is -2.85. The van der Waals surface area contributed by atoms with Gasteiger partial charge in [-0.25, -0.2) is 4.79 Å². The van der Waals surface area contributed by atoms with E-state index in [2.05, 4.69) is 0 Å². The summed E-state index contributed by atoms with van der Waals surface area (Å²) in [6.45, 7) is 6.68. The van der Waals surface area contributed by atoms with Crippen LogP contribution in [0.1, 0.15) is 47.0 Å². The van der Waals surface area contributed by atoms with Crippen LogP contribution in [0.2, 0.25) is 0 Å². The zero-order chi connectivity index (χ0) is 14.5. The summed E-state index contributed by atoms with van der Waals surface area (Å²) < 4.78 is 0. The van der Waals surface area contributed by atoms with E-state index in [1.54, 1.807) is 20.8 Å². The minimum Gasteiger partial charge on any atom is -1.00 e. The number of carboxylic acids is 1. The largest absolute Gasteiger partial charge is 1.00 e. The van der Waals surface area contributed by atoms with Crippen LogP contribution in [-0.2, 0) is 4.79 Å².